The smallest absolute Gasteiger partial charge is 0.168 e. The zero-order valence-electron chi connectivity index (χ0n) is 5.93. The van der Waals surface area contributed by atoms with Crippen LogP contribution in [0.2, 0.25) is 0 Å². The van der Waals surface area contributed by atoms with Crippen LogP contribution in [0.1, 0.15) is 5.56 Å². The summed E-state index contributed by atoms with van der Waals surface area (Å²) in [6.07, 6.45) is 3.44. The van der Waals surface area contributed by atoms with Crippen molar-refractivity contribution >= 4 is 0 Å². The van der Waals surface area contributed by atoms with Crippen molar-refractivity contribution < 1.29 is 10.1 Å². The molecule has 0 aliphatic rings. The predicted molar refractivity (Wildman–Crippen MR) is 38.1 cm³/mol. The fraction of sp³-hybridized carbons (Fsp3) is 0. The van der Waals surface area contributed by atoms with E-state index in [4.69, 9.17) is 20.6 Å². The van der Waals surface area contributed by atoms with E-state index in [1.807, 2.05) is 6.07 Å². The average Bonchev–Trinajstić information content (AvgIpc) is 2.05. The van der Waals surface area contributed by atoms with Gasteiger partial charge >= 0.3 is 0 Å². The first kappa shape index (κ1) is 9.84. The maximum atomic E-state index is 8.27. The molecule has 0 aliphatic carbocycles. The van der Waals surface area contributed by atoms with Crippen molar-refractivity contribution in [2.75, 3.05) is 0 Å². The first-order chi connectivity index (χ1) is 5.66. The molecule has 62 valence electrons. The topological polar surface area (TPSA) is 104 Å². The Labute approximate surface area is 67.8 Å². The first-order valence-electron chi connectivity index (χ1n) is 2.84. The third-order valence-corrected chi connectivity index (χ3v) is 0.847. The monoisotopic (exact) mass is 167 g/mol. The lowest BCUT2D eigenvalue weighted by molar-refractivity contribution is -0.402. The van der Waals surface area contributed by atoms with Crippen LogP contribution in [0, 0.1) is 26.7 Å². The molecule has 0 saturated carbocycles. The molecule has 1 rings (SSSR count). The van der Waals surface area contributed by atoms with Crippen LogP contribution in [0.5, 0.6) is 0 Å². The lowest BCUT2D eigenvalue weighted by Crippen LogP contribution is -1.96. The fourth-order valence-corrected chi connectivity index (χ4v) is 0.461. The Morgan fingerprint density at radius 2 is 1.83 bits per heavy atom. The summed E-state index contributed by atoms with van der Waals surface area (Å²) in [7, 11) is 0. The van der Waals surface area contributed by atoms with E-state index in [9.17, 15) is 0 Å². The molecule has 0 atom stereocenters. The Morgan fingerprint density at radius 3 is 2.08 bits per heavy atom. The van der Waals surface area contributed by atoms with Crippen molar-refractivity contribution in [1.82, 2.24) is 0 Å². The highest BCUT2D eigenvalue weighted by atomic mass is 16.9. The second-order valence-electron chi connectivity index (χ2n) is 1.62. The Hall–Kier alpha value is -2.16. The van der Waals surface area contributed by atoms with Gasteiger partial charge in [0.25, 0.3) is 0 Å². The lowest BCUT2D eigenvalue weighted by Gasteiger charge is -1.74. The van der Waals surface area contributed by atoms with E-state index in [0.717, 1.165) is 0 Å². The fourth-order valence-electron chi connectivity index (χ4n) is 0.461. The van der Waals surface area contributed by atoms with Gasteiger partial charge in [0, 0.05) is 12.1 Å². The standard InChI is InChI=1S/C6H4N2.NO3/c7-5-6-1-3-8-4-2-6;2-1(3)4/h1-4H;/q;-1/p+1. The molecule has 0 unspecified atom stereocenters. The molecular formula is C6H5N3O3. The van der Waals surface area contributed by atoms with Crippen molar-refractivity contribution in [2.24, 2.45) is 0 Å². The van der Waals surface area contributed by atoms with Gasteiger partial charge in [0.1, 0.15) is 0 Å². The van der Waals surface area contributed by atoms with E-state index in [-0.39, 0.29) is 0 Å². The van der Waals surface area contributed by atoms with Crippen LogP contribution >= 0.6 is 0 Å². The predicted octanol–water partition coefficient (Wildman–Crippen LogP) is 0.133. The van der Waals surface area contributed by atoms with E-state index in [2.05, 4.69) is 4.98 Å². The van der Waals surface area contributed by atoms with Crippen molar-refractivity contribution in [1.29, 1.82) is 5.26 Å². The molecule has 0 bridgehead atoms. The Balaban J connectivity index is 0.000000261. The Morgan fingerprint density at radius 1 is 1.42 bits per heavy atom. The van der Waals surface area contributed by atoms with E-state index in [1.54, 1.807) is 24.5 Å². The van der Waals surface area contributed by atoms with Crippen molar-refractivity contribution in [3.63, 3.8) is 0 Å². The minimum absolute atomic E-state index is 0.684. The largest absolute Gasteiger partial charge is 0.356 e. The summed E-state index contributed by atoms with van der Waals surface area (Å²) in [6.45, 7) is 0. The van der Waals surface area contributed by atoms with Gasteiger partial charge in [0.05, 0.1) is 16.7 Å². The van der Waals surface area contributed by atoms with Crippen molar-refractivity contribution in [2.45, 2.75) is 0 Å². The number of hydrogen-bond acceptors (Lipinski definition) is 4. The molecule has 1 N–H and O–H groups in total. The highest BCUT2D eigenvalue weighted by molar-refractivity contribution is 5.23. The van der Waals surface area contributed by atoms with E-state index in [1.165, 1.54) is 0 Å². The minimum atomic E-state index is -1.75. The molecule has 0 amide bonds. The summed E-state index contributed by atoms with van der Waals surface area (Å²) >= 11 is 0. The first-order valence-corrected chi connectivity index (χ1v) is 2.84. The quantitative estimate of drug-likeness (QED) is 0.404. The van der Waals surface area contributed by atoms with Gasteiger partial charge in [0.15, 0.2) is 12.4 Å². The summed E-state index contributed by atoms with van der Waals surface area (Å²) < 4.78 is 0. The summed E-state index contributed by atoms with van der Waals surface area (Å²) in [4.78, 5) is 11.1. The summed E-state index contributed by atoms with van der Waals surface area (Å²) in [5.74, 6) is 0. The minimum Gasteiger partial charge on any atom is -0.356 e. The Bertz CT molecular complexity index is 276. The van der Waals surface area contributed by atoms with Crippen LogP contribution in [0.4, 0.5) is 0 Å². The number of nitriles is 1. The number of hydrogen-bond donors (Lipinski definition) is 0. The summed E-state index contributed by atoms with van der Waals surface area (Å²) in [5.41, 5.74) is 0.684. The number of nitrogens with zero attached hydrogens (tertiary/aromatic N) is 2. The van der Waals surface area contributed by atoms with Gasteiger partial charge in [0.2, 0.25) is 0 Å². The molecule has 0 fully saturated rings. The van der Waals surface area contributed by atoms with Gasteiger partial charge in [-0.2, -0.15) is 5.26 Å². The van der Waals surface area contributed by atoms with E-state index in [0.29, 0.717) is 5.56 Å². The second-order valence-corrected chi connectivity index (χ2v) is 1.62. The molecule has 1 aromatic rings. The number of aromatic amines is 1. The molecule has 0 aliphatic heterocycles. The highest BCUT2D eigenvalue weighted by Gasteiger charge is 1.84. The molecule has 12 heavy (non-hydrogen) atoms. The van der Waals surface area contributed by atoms with Crippen molar-refractivity contribution in [3.05, 3.63) is 45.4 Å². The molecule has 0 spiro atoms. The van der Waals surface area contributed by atoms with Gasteiger partial charge in [-0.25, -0.2) is 4.98 Å². The molecular weight excluding hydrogens is 162 g/mol. The maximum Gasteiger partial charge on any atom is 0.168 e. The Kier molecular flexibility index (Phi) is 4.60. The lowest BCUT2D eigenvalue weighted by atomic mass is 10.3. The van der Waals surface area contributed by atoms with Gasteiger partial charge in [-0.05, 0) is 0 Å². The molecule has 1 aromatic heterocycles. The van der Waals surface area contributed by atoms with E-state index < -0.39 is 5.09 Å². The molecule has 6 heteroatoms. The average molecular weight is 167 g/mol. The van der Waals surface area contributed by atoms with Gasteiger partial charge in [-0.1, -0.05) is 0 Å². The van der Waals surface area contributed by atoms with Gasteiger partial charge < -0.3 is 15.3 Å². The van der Waals surface area contributed by atoms with Crippen LogP contribution in [0.25, 0.3) is 0 Å². The second kappa shape index (κ2) is 5.61. The van der Waals surface area contributed by atoms with Gasteiger partial charge in [-0.3, -0.25) is 0 Å². The summed E-state index contributed by atoms with van der Waals surface area (Å²) in [6, 6.07) is 5.45. The normalized spacial score (nSPS) is 7.25. The highest BCUT2D eigenvalue weighted by Crippen LogP contribution is 1.87. The zero-order valence-corrected chi connectivity index (χ0v) is 5.93. The van der Waals surface area contributed by atoms with Crippen LogP contribution in [-0.4, -0.2) is 5.09 Å². The third kappa shape index (κ3) is 5.97. The molecule has 1 heterocycles. The van der Waals surface area contributed by atoms with Crippen LogP contribution < -0.4 is 4.98 Å². The van der Waals surface area contributed by atoms with Crippen LogP contribution in [-0.2, 0) is 0 Å². The van der Waals surface area contributed by atoms with Crippen LogP contribution in [0.15, 0.2) is 24.5 Å². The molecule has 6 nitrogen and oxygen atoms in total. The maximum absolute atomic E-state index is 8.27. The summed E-state index contributed by atoms with van der Waals surface area (Å²) in [5, 5.41) is 23.0. The number of pyridine rings is 1. The van der Waals surface area contributed by atoms with E-state index >= 15 is 0 Å². The van der Waals surface area contributed by atoms with Crippen molar-refractivity contribution in [3.8, 4) is 6.07 Å². The molecule has 0 saturated heterocycles. The molecule has 0 aromatic carbocycles. The number of nitrogens with one attached hydrogen (secondary N) is 1. The molecule has 0 radical (unpaired) electrons. The number of aromatic nitrogens is 1. The SMILES string of the molecule is N#Cc1cc[nH+]cc1.O=[N+]([O-])[O-]. The van der Waals surface area contributed by atoms with Gasteiger partial charge in [-0.15, -0.1) is 0 Å². The number of rotatable bonds is 0. The van der Waals surface area contributed by atoms with Crippen LogP contribution in [0.3, 0.4) is 0 Å². The zero-order chi connectivity index (χ0) is 9.40. The third-order valence-electron chi connectivity index (χ3n) is 0.847. The number of H-pyrrole nitrogens is 1.